The molecule has 1 fully saturated rings. The van der Waals surface area contributed by atoms with Gasteiger partial charge in [-0.25, -0.2) is 0 Å². The highest BCUT2D eigenvalue weighted by Crippen LogP contribution is 2.38. The first kappa shape index (κ1) is 20.8. The van der Waals surface area contributed by atoms with Crippen molar-refractivity contribution >= 4 is 11.8 Å². The number of rotatable bonds is 6. The normalized spacial score (nSPS) is 18.4. The maximum atomic E-state index is 13.4. The van der Waals surface area contributed by atoms with Crippen LogP contribution in [0.15, 0.2) is 66.9 Å². The van der Waals surface area contributed by atoms with Crippen molar-refractivity contribution in [1.82, 2.24) is 20.4 Å². The number of hydrogen-bond donors (Lipinski definition) is 2. The fraction of sp³-hybridized carbons (Fsp3) is 0.320. The summed E-state index contributed by atoms with van der Waals surface area (Å²) in [5, 5.41) is 9.73. The molecular weight excluding hydrogens is 388 g/mol. The molecule has 1 atom stereocenters. The Kier molecular flexibility index (Phi) is 5.89. The molecule has 6 nitrogen and oxygen atoms in total. The molecular formula is C25H28N4O2. The van der Waals surface area contributed by atoms with Crippen molar-refractivity contribution in [2.75, 3.05) is 13.1 Å². The van der Waals surface area contributed by atoms with E-state index in [1.165, 1.54) is 0 Å². The summed E-state index contributed by atoms with van der Waals surface area (Å²) in [4.78, 5) is 28.1. The van der Waals surface area contributed by atoms with E-state index in [1.54, 1.807) is 17.2 Å². The van der Waals surface area contributed by atoms with Gasteiger partial charge in [-0.05, 0) is 49.4 Å². The molecule has 1 unspecified atom stereocenters. The molecule has 0 aliphatic carbocycles. The van der Waals surface area contributed by atoms with Crippen LogP contribution < -0.4 is 5.32 Å². The van der Waals surface area contributed by atoms with Gasteiger partial charge in [0, 0.05) is 25.3 Å². The second-order valence-electron chi connectivity index (χ2n) is 8.56. The number of nitrogens with one attached hydrogen (secondary N) is 2. The van der Waals surface area contributed by atoms with Crippen LogP contribution in [0.5, 0.6) is 0 Å². The van der Waals surface area contributed by atoms with Crippen molar-refractivity contribution in [2.24, 2.45) is 5.41 Å². The summed E-state index contributed by atoms with van der Waals surface area (Å²) in [6, 6.07) is 20.1. The molecule has 2 N–H and O–H groups in total. The summed E-state index contributed by atoms with van der Waals surface area (Å²) in [5.41, 5.74) is 3.14. The topological polar surface area (TPSA) is 78.1 Å². The fourth-order valence-corrected chi connectivity index (χ4v) is 4.35. The summed E-state index contributed by atoms with van der Waals surface area (Å²) < 4.78 is 0. The highest BCUT2D eigenvalue weighted by atomic mass is 16.2. The van der Waals surface area contributed by atoms with E-state index in [9.17, 15) is 9.59 Å². The Morgan fingerprint density at radius 1 is 1.10 bits per heavy atom. The number of nitrogens with zero attached hydrogens (tertiary/aromatic N) is 2. The third-order valence-corrected chi connectivity index (χ3v) is 5.90. The lowest BCUT2D eigenvalue weighted by Crippen LogP contribution is -2.47. The molecule has 1 aliphatic heterocycles. The number of benzene rings is 2. The molecule has 0 saturated carbocycles. The standard InChI is InChI=1S/C25H28N4O2/c1-18(2)27-24(31)25(13-15-29(17-25)23(30)22-12-14-26-28-22)16-20-10-6-7-11-21(20)19-8-4-3-5-9-19/h3-12,14,18H,13,15-17H2,1-2H3,(H,26,28)(H,27,31). The Morgan fingerprint density at radius 3 is 2.55 bits per heavy atom. The number of likely N-dealkylation sites (tertiary alicyclic amines) is 1. The monoisotopic (exact) mass is 416 g/mol. The second-order valence-corrected chi connectivity index (χ2v) is 8.56. The predicted octanol–water partition coefficient (Wildman–Crippen LogP) is 3.68. The third-order valence-electron chi connectivity index (χ3n) is 5.90. The van der Waals surface area contributed by atoms with Gasteiger partial charge in [-0.3, -0.25) is 14.7 Å². The minimum absolute atomic E-state index is 0.00488. The molecule has 0 radical (unpaired) electrons. The van der Waals surface area contributed by atoms with Crippen molar-refractivity contribution in [2.45, 2.75) is 32.7 Å². The lowest BCUT2D eigenvalue weighted by Gasteiger charge is -2.30. The number of H-pyrrole nitrogens is 1. The minimum Gasteiger partial charge on any atom is -0.353 e. The number of carbonyl (C=O) groups excluding carboxylic acids is 2. The number of aromatic nitrogens is 2. The highest BCUT2D eigenvalue weighted by molar-refractivity contribution is 5.94. The molecule has 3 aromatic rings. The predicted molar refractivity (Wildman–Crippen MR) is 120 cm³/mol. The summed E-state index contributed by atoms with van der Waals surface area (Å²) >= 11 is 0. The van der Waals surface area contributed by atoms with Crippen molar-refractivity contribution in [3.8, 4) is 11.1 Å². The van der Waals surface area contributed by atoms with E-state index >= 15 is 0 Å². The average Bonchev–Trinajstić information content (AvgIpc) is 3.45. The van der Waals surface area contributed by atoms with E-state index in [0.717, 1.165) is 16.7 Å². The first-order valence-corrected chi connectivity index (χ1v) is 10.7. The van der Waals surface area contributed by atoms with E-state index < -0.39 is 5.41 Å². The van der Waals surface area contributed by atoms with Gasteiger partial charge in [0.1, 0.15) is 5.69 Å². The van der Waals surface area contributed by atoms with Crippen molar-refractivity contribution in [3.63, 3.8) is 0 Å². The number of carbonyl (C=O) groups is 2. The molecule has 1 saturated heterocycles. The average molecular weight is 417 g/mol. The van der Waals surface area contributed by atoms with E-state index in [1.807, 2.05) is 44.2 Å². The summed E-state index contributed by atoms with van der Waals surface area (Å²) in [5.74, 6) is -0.113. The summed E-state index contributed by atoms with van der Waals surface area (Å²) in [7, 11) is 0. The van der Waals surface area contributed by atoms with Crippen molar-refractivity contribution in [3.05, 3.63) is 78.1 Å². The van der Waals surface area contributed by atoms with Gasteiger partial charge in [0.25, 0.3) is 5.91 Å². The van der Waals surface area contributed by atoms with Crippen molar-refractivity contribution in [1.29, 1.82) is 0 Å². The van der Waals surface area contributed by atoms with Gasteiger partial charge in [0.15, 0.2) is 0 Å². The van der Waals surface area contributed by atoms with Gasteiger partial charge in [0.05, 0.1) is 5.41 Å². The molecule has 0 spiro atoms. The zero-order valence-electron chi connectivity index (χ0n) is 18.0. The molecule has 2 amide bonds. The third kappa shape index (κ3) is 4.38. The first-order valence-electron chi connectivity index (χ1n) is 10.7. The van der Waals surface area contributed by atoms with Gasteiger partial charge in [-0.2, -0.15) is 5.10 Å². The molecule has 1 aromatic heterocycles. The smallest absolute Gasteiger partial charge is 0.271 e. The molecule has 2 aromatic carbocycles. The molecule has 4 rings (SSSR count). The van der Waals surface area contributed by atoms with Crippen LogP contribution in [0.3, 0.4) is 0 Å². The SMILES string of the molecule is CC(C)NC(=O)C1(Cc2ccccc2-c2ccccc2)CCN(C(=O)c2ccn[nH]2)C1. The zero-order valence-corrected chi connectivity index (χ0v) is 18.0. The molecule has 6 heteroatoms. The maximum Gasteiger partial charge on any atom is 0.271 e. The largest absolute Gasteiger partial charge is 0.353 e. The van der Waals surface area contributed by atoms with E-state index in [4.69, 9.17) is 0 Å². The number of hydrogen-bond acceptors (Lipinski definition) is 3. The minimum atomic E-state index is -0.676. The van der Waals surface area contributed by atoms with Crippen LogP contribution in [0.25, 0.3) is 11.1 Å². The number of aromatic amines is 1. The van der Waals surface area contributed by atoms with Crippen LogP contribution in [-0.2, 0) is 11.2 Å². The van der Waals surface area contributed by atoms with Gasteiger partial charge in [0.2, 0.25) is 5.91 Å². The van der Waals surface area contributed by atoms with Gasteiger partial charge in [-0.15, -0.1) is 0 Å². The molecule has 160 valence electrons. The van der Waals surface area contributed by atoms with Gasteiger partial charge in [-0.1, -0.05) is 54.6 Å². The lowest BCUT2D eigenvalue weighted by atomic mass is 9.78. The maximum absolute atomic E-state index is 13.4. The van der Waals surface area contributed by atoms with Crippen LogP contribution in [0, 0.1) is 5.41 Å². The van der Waals surface area contributed by atoms with Crippen LogP contribution in [-0.4, -0.2) is 46.0 Å². The first-order chi connectivity index (χ1) is 15.0. The van der Waals surface area contributed by atoms with E-state index in [-0.39, 0.29) is 17.9 Å². The Hall–Kier alpha value is -3.41. The quantitative estimate of drug-likeness (QED) is 0.644. The zero-order chi connectivity index (χ0) is 21.8. The molecule has 1 aliphatic rings. The Labute approximate surface area is 182 Å². The Balaban J connectivity index is 1.66. The Morgan fingerprint density at radius 2 is 1.84 bits per heavy atom. The van der Waals surface area contributed by atoms with Crippen LogP contribution in [0.2, 0.25) is 0 Å². The molecule has 2 heterocycles. The Bertz CT molecular complexity index is 1050. The number of amides is 2. The van der Waals surface area contributed by atoms with Crippen LogP contribution in [0.1, 0.15) is 36.3 Å². The van der Waals surface area contributed by atoms with Crippen LogP contribution in [0.4, 0.5) is 0 Å². The van der Waals surface area contributed by atoms with E-state index in [0.29, 0.717) is 31.6 Å². The van der Waals surface area contributed by atoms with Crippen molar-refractivity contribution < 1.29 is 9.59 Å². The fourth-order valence-electron chi connectivity index (χ4n) is 4.35. The summed E-state index contributed by atoms with van der Waals surface area (Å²) in [6.07, 6.45) is 2.76. The summed E-state index contributed by atoms with van der Waals surface area (Å²) in [6.45, 7) is 4.85. The van der Waals surface area contributed by atoms with E-state index in [2.05, 4.69) is 39.8 Å². The highest BCUT2D eigenvalue weighted by Gasteiger charge is 2.46. The van der Waals surface area contributed by atoms with Crippen LogP contribution >= 0.6 is 0 Å². The van der Waals surface area contributed by atoms with Gasteiger partial charge >= 0.3 is 0 Å². The van der Waals surface area contributed by atoms with Gasteiger partial charge < -0.3 is 10.2 Å². The second kappa shape index (κ2) is 8.76. The molecule has 31 heavy (non-hydrogen) atoms. The molecule has 0 bridgehead atoms. The lowest BCUT2D eigenvalue weighted by molar-refractivity contribution is -0.130.